The summed E-state index contributed by atoms with van der Waals surface area (Å²) >= 11 is 4.05. The van der Waals surface area contributed by atoms with E-state index < -0.39 is 11.4 Å². The van der Waals surface area contributed by atoms with Crippen molar-refractivity contribution in [3.05, 3.63) is 22.8 Å². The van der Waals surface area contributed by atoms with Gasteiger partial charge in [-0.25, -0.2) is 0 Å². The molecule has 0 saturated carbocycles. The van der Waals surface area contributed by atoms with Crippen molar-refractivity contribution in [1.82, 2.24) is 0 Å². The topological polar surface area (TPSA) is 46.5 Å². The zero-order valence-electron chi connectivity index (χ0n) is 5.96. The molecule has 1 atom stereocenters. The van der Waals surface area contributed by atoms with Gasteiger partial charge in [-0.2, -0.15) is 4.21 Å². The average molecular weight is 536 g/mol. The smallest absolute Gasteiger partial charge is 0.357 e. The third-order valence-corrected chi connectivity index (χ3v) is 3.65. The summed E-state index contributed by atoms with van der Waals surface area (Å²) in [7, 11) is 0. The fourth-order valence-corrected chi connectivity index (χ4v) is 5.10. The Labute approximate surface area is 119 Å². The summed E-state index contributed by atoms with van der Waals surface area (Å²) in [6.07, 6.45) is 0. The third kappa shape index (κ3) is 3.76. The van der Waals surface area contributed by atoms with Gasteiger partial charge in [-0.1, -0.05) is 0 Å². The predicted octanol–water partition coefficient (Wildman–Crippen LogP) is 3.02. The van der Waals surface area contributed by atoms with Gasteiger partial charge in [0.05, 0.1) is 7.14 Å². The molecule has 0 bridgehead atoms. The standard InChI is InChI=1S/C6H3I3O3S/c7-3-1-4(8)6(5(9)2-3)12-13(10)11/h1-2H,(H,10,11). The fraction of sp³-hybridized carbons (Fsp3) is 0. The number of rotatable bonds is 2. The highest BCUT2D eigenvalue weighted by Gasteiger charge is 2.10. The molecule has 0 radical (unpaired) electrons. The SMILES string of the molecule is O=S(O)Oc1c(I)cc(I)cc1I. The van der Waals surface area contributed by atoms with Gasteiger partial charge in [-0.15, -0.1) is 0 Å². The molecule has 1 aromatic rings. The quantitative estimate of drug-likeness (QED) is 0.468. The minimum Gasteiger partial charge on any atom is -0.378 e. The van der Waals surface area contributed by atoms with Crippen molar-refractivity contribution in [3.63, 3.8) is 0 Å². The summed E-state index contributed by atoms with van der Waals surface area (Å²) in [6, 6.07) is 3.76. The van der Waals surface area contributed by atoms with E-state index >= 15 is 0 Å². The number of hydrogen-bond donors (Lipinski definition) is 1. The zero-order chi connectivity index (χ0) is 10.0. The van der Waals surface area contributed by atoms with E-state index in [0.29, 0.717) is 5.75 Å². The van der Waals surface area contributed by atoms with E-state index in [4.69, 9.17) is 8.74 Å². The highest BCUT2D eigenvalue weighted by molar-refractivity contribution is 14.1. The fourth-order valence-electron chi connectivity index (χ4n) is 0.680. The second-order valence-electron chi connectivity index (χ2n) is 2.00. The van der Waals surface area contributed by atoms with Crippen molar-refractivity contribution in [2.45, 2.75) is 0 Å². The largest absolute Gasteiger partial charge is 0.378 e. The first-order chi connectivity index (χ1) is 6.00. The Balaban J connectivity index is 3.13. The summed E-state index contributed by atoms with van der Waals surface area (Å²) in [5, 5.41) is 0. The summed E-state index contributed by atoms with van der Waals surface area (Å²) < 4.78 is 26.5. The monoisotopic (exact) mass is 536 g/mol. The number of hydrogen-bond acceptors (Lipinski definition) is 2. The number of benzene rings is 1. The van der Waals surface area contributed by atoms with Crippen molar-refractivity contribution < 1.29 is 12.9 Å². The van der Waals surface area contributed by atoms with Crippen LogP contribution in [0.4, 0.5) is 0 Å². The lowest BCUT2D eigenvalue weighted by Crippen LogP contribution is -2.01. The van der Waals surface area contributed by atoms with E-state index in [1.165, 1.54) is 0 Å². The van der Waals surface area contributed by atoms with Gasteiger partial charge < -0.3 is 4.18 Å². The van der Waals surface area contributed by atoms with Gasteiger partial charge >= 0.3 is 11.4 Å². The Morgan fingerprint density at radius 2 is 1.69 bits per heavy atom. The van der Waals surface area contributed by atoms with Crippen LogP contribution in [0.15, 0.2) is 12.1 Å². The Morgan fingerprint density at radius 1 is 1.23 bits per heavy atom. The first-order valence-corrected chi connectivity index (χ1v) is 7.21. The minimum atomic E-state index is -2.26. The predicted molar refractivity (Wildman–Crippen MR) is 76.0 cm³/mol. The maximum absolute atomic E-state index is 10.4. The van der Waals surface area contributed by atoms with Gasteiger partial charge in [0.15, 0.2) is 5.75 Å². The van der Waals surface area contributed by atoms with E-state index in [9.17, 15) is 4.21 Å². The van der Waals surface area contributed by atoms with Crippen LogP contribution in [0.25, 0.3) is 0 Å². The molecule has 0 aliphatic carbocycles. The van der Waals surface area contributed by atoms with Gasteiger partial charge in [0.1, 0.15) is 0 Å². The Bertz CT molecular complexity index is 332. The van der Waals surface area contributed by atoms with Crippen LogP contribution in [0.1, 0.15) is 0 Å². The highest BCUT2D eigenvalue weighted by atomic mass is 127. The van der Waals surface area contributed by atoms with Crippen molar-refractivity contribution >= 4 is 79.1 Å². The molecule has 0 fully saturated rings. The second-order valence-corrected chi connectivity index (χ2v) is 6.17. The molecule has 0 heterocycles. The molecule has 1 unspecified atom stereocenters. The first kappa shape index (κ1) is 12.4. The maximum Gasteiger partial charge on any atom is 0.357 e. The van der Waals surface area contributed by atoms with Crippen LogP contribution in [0.3, 0.4) is 0 Å². The average Bonchev–Trinajstić information content (AvgIpc) is 1.96. The van der Waals surface area contributed by atoms with Gasteiger partial charge in [0.2, 0.25) is 0 Å². The first-order valence-electron chi connectivity index (χ1n) is 2.94. The third-order valence-electron chi connectivity index (χ3n) is 1.12. The lowest BCUT2D eigenvalue weighted by molar-refractivity contribution is 0.455. The molecule has 1 N–H and O–H groups in total. The second kappa shape index (κ2) is 5.42. The molecule has 3 nitrogen and oxygen atoms in total. The zero-order valence-corrected chi connectivity index (χ0v) is 13.2. The van der Waals surface area contributed by atoms with Gasteiger partial charge in [-0.05, 0) is 79.9 Å². The summed E-state index contributed by atoms with van der Waals surface area (Å²) in [6.45, 7) is 0. The molecule has 0 aliphatic rings. The van der Waals surface area contributed by atoms with E-state index in [-0.39, 0.29) is 0 Å². The molecular weight excluding hydrogens is 533 g/mol. The van der Waals surface area contributed by atoms with Crippen molar-refractivity contribution in [2.75, 3.05) is 0 Å². The molecule has 0 spiro atoms. The van der Waals surface area contributed by atoms with Crippen LogP contribution in [-0.4, -0.2) is 8.76 Å². The van der Waals surface area contributed by atoms with E-state index in [0.717, 1.165) is 10.7 Å². The Hall–Kier alpha value is 1.32. The Morgan fingerprint density at radius 3 is 2.08 bits per heavy atom. The minimum absolute atomic E-state index is 0.461. The van der Waals surface area contributed by atoms with Crippen LogP contribution in [-0.2, 0) is 11.4 Å². The molecule has 13 heavy (non-hydrogen) atoms. The van der Waals surface area contributed by atoms with Crippen molar-refractivity contribution in [2.24, 2.45) is 0 Å². The van der Waals surface area contributed by atoms with Gasteiger partial charge in [-0.3, -0.25) is 4.55 Å². The Kier molecular flexibility index (Phi) is 5.16. The van der Waals surface area contributed by atoms with E-state index in [1.54, 1.807) is 0 Å². The van der Waals surface area contributed by atoms with E-state index in [2.05, 4.69) is 67.8 Å². The molecule has 0 amide bonds. The van der Waals surface area contributed by atoms with Crippen LogP contribution in [0.2, 0.25) is 0 Å². The van der Waals surface area contributed by atoms with Crippen molar-refractivity contribution in [3.8, 4) is 5.75 Å². The van der Waals surface area contributed by atoms with Crippen LogP contribution < -0.4 is 4.18 Å². The number of halogens is 3. The van der Waals surface area contributed by atoms with Gasteiger partial charge in [0.25, 0.3) is 0 Å². The van der Waals surface area contributed by atoms with Crippen LogP contribution >= 0.6 is 67.8 Å². The molecule has 1 aromatic carbocycles. The molecule has 0 saturated heterocycles. The van der Waals surface area contributed by atoms with Crippen molar-refractivity contribution in [1.29, 1.82) is 0 Å². The molecule has 1 rings (SSSR count). The highest BCUT2D eigenvalue weighted by Crippen LogP contribution is 2.29. The summed E-state index contributed by atoms with van der Waals surface area (Å²) in [5.74, 6) is 0.461. The molecule has 0 aromatic heterocycles. The van der Waals surface area contributed by atoms with Gasteiger partial charge in [0, 0.05) is 3.57 Å². The molecular formula is C6H3I3O3S. The van der Waals surface area contributed by atoms with Crippen LogP contribution in [0.5, 0.6) is 5.75 Å². The molecule has 0 aliphatic heterocycles. The summed E-state index contributed by atoms with van der Waals surface area (Å²) in [5.41, 5.74) is 0. The lowest BCUT2D eigenvalue weighted by Gasteiger charge is -2.05. The summed E-state index contributed by atoms with van der Waals surface area (Å²) in [4.78, 5) is 0. The molecule has 72 valence electrons. The molecule has 7 heteroatoms. The maximum atomic E-state index is 10.4. The normalized spacial score (nSPS) is 12.6. The van der Waals surface area contributed by atoms with Crippen LogP contribution in [0, 0.1) is 10.7 Å². The van der Waals surface area contributed by atoms with E-state index in [1.807, 2.05) is 12.1 Å². The lowest BCUT2D eigenvalue weighted by atomic mass is 10.3.